The predicted octanol–water partition coefficient (Wildman–Crippen LogP) is 4.12. The standard InChI is InChI=1S/C17H29N3O/c1-3-13-6-8-14(9-7-13)15-19-16(21-20-15)17(18)10-4-5-12(2)11-17/h12-14H,3-11,18H2,1-2H3. The van der Waals surface area contributed by atoms with Gasteiger partial charge in [-0.3, -0.25) is 0 Å². The predicted molar refractivity (Wildman–Crippen MR) is 82.8 cm³/mol. The molecular formula is C17H29N3O. The van der Waals surface area contributed by atoms with Crippen molar-refractivity contribution in [2.24, 2.45) is 17.6 Å². The third kappa shape index (κ3) is 3.15. The van der Waals surface area contributed by atoms with Crippen molar-refractivity contribution in [3.05, 3.63) is 11.7 Å². The fourth-order valence-electron chi connectivity index (χ4n) is 4.22. The van der Waals surface area contributed by atoms with E-state index >= 15 is 0 Å². The SMILES string of the molecule is CCC1CCC(c2noc(C3(N)CCCC(C)C3)n2)CC1. The van der Waals surface area contributed by atoms with E-state index in [1.54, 1.807) is 0 Å². The molecule has 2 saturated carbocycles. The van der Waals surface area contributed by atoms with Crippen molar-refractivity contribution in [2.45, 2.75) is 83.1 Å². The van der Waals surface area contributed by atoms with E-state index in [9.17, 15) is 0 Å². The number of aromatic nitrogens is 2. The molecule has 0 radical (unpaired) electrons. The Morgan fingerprint density at radius 2 is 2.00 bits per heavy atom. The quantitative estimate of drug-likeness (QED) is 0.910. The number of rotatable bonds is 3. The zero-order chi connectivity index (χ0) is 14.9. The van der Waals surface area contributed by atoms with Gasteiger partial charge in [0.1, 0.15) is 0 Å². The monoisotopic (exact) mass is 291 g/mol. The fourth-order valence-corrected chi connectivity index (χ4v) is 4.22. The lowest BCUT2D eigenvalue weighted by Gasteiger charge is -2.33. The molecule has 2 unspecified atom stereocenters. The van der Waals surface area contributed by atoms with Crippen LogP contribution in [0.25, 0.3) is 0 Å². The van der Waals surface area contributed by atoms with Crippen LogP contribution in [0.1, 0.15) is 89.3 Å². The van der Waals surface area contributed by atoms with Gasteiger partial charge in [-0.15, -0.1) is 0 Å². The summed E-state index contributed by atoms with van der Waals surface area (Å²) in [7, 11) is 0. The van der Waals surface area contributed by atoms with Crippen molar-refractivity contribution in [1.82, 2.24) is 10.1 Å². The molecule has 3 rings (SSSR count). The Labute approximate surface area is 127 Å². The molecule has 1 aromatic rings. The first kappa shape index (κ1) is 15.0. The summed E-state index contributed by atoms with van der Waals surface area (Å²) in [4.78, 5) is 4.71. The van der Waals surface area contributed by atoms with Crippen molar-refractivity contribution in [3.8, 4) is 0 Å². The van der Waals surface area contributed by atoms with Crippen molar-refractivity contribution >= 4 is 0 Å². The topological polar surface area (TPSA) is 64.9 Å². The zero-order valence-electron chi connectivity index (χ0n) is 13.5. The van der Waals surface area contributed by atoms with Gasteiger partial charge in [-0.1, -0.05) is 38.3 Å². The van der Waals surface area contributed by atoms with Crippen LogP contribution in [0.3, 0.4) is 0 Å². The zero-order valence-corrected chi connectivity index (χ0v) is 13.5. The first-order valence-corrected chi connectivity index (χ1v) is 8.73. The second-order valence-electron chi connectivity index (χ2n) is 7.44. The number of hydrogen-bond donors (Lipinski definition) is 1. The van der Waals surface area contributed by atoms with Gasteiger partial charge in [-0.05, 0) is 50.4 Å². The summed E-state index contributed by atoms with van der Waals surface area (Å²) in [5.41, 5.74) is 6.18. The summed E-state index contributed by atoms with van der Waals surface area (Å²) in [6, 6.07) is 0. The molecule has 0 saturated heterocycles. The van der Waals surface area contributed by atoms with Crippen LogP contribution in [0.5, 0.6) is 0 Å². The van der Waals surface area contributed by atoms with Gasteiger partial charge in [0.05, 0.1) is 5.54 Å². The summed E-state index contributed by atoms with van der Waals surface area (Å²) in [5.74, 6) is 3.62. The van der Waals surface area contributed by atoms with Crippen molar-refractivity contribution < 1.29 is 4.52 Å². The van der Waals surface area contributed by atoms with E-state index in [-0.39, 0.29) is 5.54 Å². The van der Waals surface area contributed by atoms with Crippen LogP contribution in [-0.4, -0.2) is 10.1 Å². The Balaban J connectivity index is 1.69. The summed E-state index contributed by atoms with van der Waals surface area (Å²) < 4.78 is 5.58. The second kappa shape index (κ2) is 6.07. The summed E-state index contributed by atoms with van der Waals surface area (Å²) >= 11 is 0. The molecule has 2 fully saturated rings. The lowest BCUT2D eigenvalue weighted by molar-refractivity contribution is 0.183. The Kier molecular flexibility index (Phi) is 4.34. The maximum Gasteiger partial charge on any atom is 0.246 e. The smallest absolute Gasteiger partial charge is 0.246 e. The largest absolute Gasteiger partial charge is 0.337 e. The summed E-state index contributed by atoms with van der Waals surface area (Å²) in [6.07, 6.45) is 10.7. The Hall–Kier alpha value is -0.900. The average molecular weight is 291 g/mol. The molecule has 0 aromatic carbocycles. The molecule has 2 atom stereocenters. The van der Waals surface area contributed by atoms with Gasteiger partial charge >= 0.3 is 0 Å². The van der Waals surface area contributed by atoms with Gasteiger partial charge in [0.25, 0.3) is 0 Å². The first-order chi connectivity index (χ1) is 10.1. The van der Waals surface area contributed by atoms with Crippen LogP contribution in [0.4, 0.5) is 0 Å². The normalized spacial score (nSPS) is 37.6. The maximum atomic E-state index is 6.56. The van der Waals surface area contributed by atoms with Gasteiger partial charge in [0, 0.05) is 5.92 Å². The molecule has 0 bridgehead atoms. The lowest BCUT2D eigenvalue weighted by Crippen LogP contribution is -2.41. The molecule has 4 heteroatoms. The lowest BCUT2D eigenvalue weighted by atomic mass is 9.77. The Morgan fingerprint density at radius 3 is 2.67 bits per heavy atom. The van der Waals surface area contributed by atoms with E-state index < -0.39 is 0 Å². The van der Waals surface area contributed by atoms with Crippen LogP contribution in [0.15, 0.2) is 4.52 Å². The second-order valence-corrected chi connectivity index (χ2v) is 7.44. The molecule has 0 aliphatic heterocycles. The molecule has 4 nitrogen and oxygen atoms in total. The third-order valence-electron chi connectivity index (χ3n) is 5.69. The molecule has 0 spiro atoms. The molecule has 21 heavy (non-hydrogen) atoms. The molecule has 118 valence electrons. The minimum Gasteiger partial charge on any atom is -0.337 e. The Morgan fingerprint density at radius 1 is 1.24 bits per heavy atom. The Bertz CT molecular complexity index is 464. The van der Waals surface area contributed by atoms with E-state index in [0.29, 0.717) is 17.7 Å². The van der Waals surface area contributed by atoms with E-state index in [4.69, 9.17) is 15.2 Å². The van der Waals surface area contributed by atoms with E-state index in [1.165, 1.54) is 38.5 Å². The minimum absolute atomic E-state index is 0.385. The highest BCUT2D eigenvalue weighted by molar-refractivity contribution is 5.07. The van der Waals surface area contributed by atoms with Gasteiger partial charge in [0.2, 0.25) is 5.89 Å². The van der Waals surface area contributed by atoms with Crippen LogP contribution < -0.4 is 5.73 Å². The third-order valence-corrected chi connectivity index (χ3v) is 5.69. The van der Waals surface area contributed by atoms with E-state index in [0.717, 1.165) is 31.0 Å². The van der Waals surface area contributed by atoms with E-state index in [2.05, 4.69) is 19.0 Å². The fraction of sp³-hybridized carbons (Fsp3) is 0.882. The molecule has 0 amide bonds. The highest BCUT2D eigenvalue weighted by atomic mass is 16.5. The van der Waals surface area contributed by atoms with Crippen LogP contribution >= 0.6 is 0 Å². The molecule has 1 heterocycles. The first-order valence-electron chi connectivity index (χ1n) is 8.73. The minimum atomic E-state index is -0.385. The molecular weight excluding hydrogens is 262 g/mol. The molecule has 2 aliphatic rings. The van der Waals surface area contributed by atoms with Crippen LogP contribution in [0.2, 0.25) is 0 Å². The average Bonchev–Trinajstić information content (AvgIpc) is 2.98. The van der Waals surface area contributed by atoms with Gasteiger partial charge in [0.15, 0.2) is 5.82 Å². The van der Waals surface area contributed by atoms with Crippen molar-refractivity contribution in [3.63, 3.8) is 0 Å². The van der Waals surface area contributed by atoms with Crippen molar-refractivity contribution in [2.75, 3.05) is 0 Å². The van der Waals surface area contributed by atoms with Crippen molar-refractivity contribution in [1.29, 1.82) is 0 Å². The summed E-state index contributed by atoms with van der Waals surface area (Å²) in [6.45, 7) is 4.56. The summed E-state index contributed by atoms with van der Waals surface area (Å²) in [5, 5.41) is 4.27. The molecule has 2 N–H and O–H groups in total. The van der Waals surface area contributed by atoms with Crippen LogP contribution in [0, 0.1) is 11.8 Å². The number of nitrogens with two attached hydrogens (primary N) is 1. The van der Waals surface area contributed by atoms with Gasteiger partial charge in [-0.25, -0.2) is 0 Å². The highest BCUT2D eigenvalue weighted by Crippen LogP contribution is 2.39. The molecule has 2 aliphatic carbocycles. The van der Waals surface area contributed by atoms with Crippen LogP contribution in [-0.2, 0) is 5.54 Å². The number of nitrogens with zero attached hydrogens (tertiary/aromatic N) is 2. The highest BCUT2D eigenvalue weighted by Gasteiger charge is 2.38. The maximum absolute atomic E-state index is 6.56. The van der Waals surface area contributed by atoms with Gasteiger partial charge in [-0.2, -0.15) is 4.98 Å². The van der Waals surface area contributed by atoms with Gasteiger partial charge < -0.3 is 10.3 Å². The number of hydrogen-bond acceptors (Lipinski definition) is 4. The van der Waals surface area contributed by atoms with E-state index in [1.807, 2.05) is 0 Å². The molecule has 1 aromatic heterocycles.